The number of hydrogen-bond acceptors (Lipinski definition) is 7. The van der Waals surface area contributed by atoms with Crippen LogP contribution in [0.2, 0.25) is 0 Å². The van der Waals surface area contributed by atoms with Gasteiger partial charge in [0.05, 0.1) is 45.3 Å². The fourth-order valence-electron chi connectivity index (χ4n) is 4.46. The Hall–Kier alpha value is -3.69. The van der Waals surface area contributed by atoms with E-state index in [0.29, 0.717) is 34.6 Å². The summed E-state index contributed by atoms with van der Waals surface area (Å²) in [5, 5.41) is 12.8. The van der Waals surface area contributed by atoms with Gasteiger partial charge in [-0.05, 0) is 44.6 Å². The second-order valence-corrected chi connectivity index (χ2v) is 9.35. The molecule has 4 heterocycles. The molecule has 0 radical (unpaired) electrons. The molecule has 3 aromatic rings. The average molecular weight is 478 g/mol. The van der Waals surface area contributed by atoms with E-state index < -0.39 is 17.5 Å². The van der Waals surface area contributed by atoms with E-state index in [0.717, 1.165) is 22.8 Å². The van der Waals surface area contributed by atoms with Gasteiger partial charge in [0.2, 0.25) is 0 Å². The second kappa shape index (κ2) is 9.16. The number of pyridine rings is 2. The molecule has 1 aliphatic heterocycles. The molecule has 1 aliphatic rings. The Morgan fingerprint density at radius 2 is 1.83 bits per heavy atom. The van der Waals surface area contributed by atoms with Gasteiger partial charge in [0.25, 0.3) is 0 Å². The SMILES string of the molecule is CCCC1/C(N)=C(F)/C=C\C=C/C(N)=C(/N(C)N)c2cc3c(cn2)c2ncc(C(C)(C)O)cc2n31. The summed E-state index contributed by atoms with van der Waals surface area (Å²) in [5.41, 5.74) is 16.0. The summed E-state index contributed by atoms with van der Waals surface area (Å²) in [6.07, 6.45) is 10.9. The van der Waals surface area contributed by atoms with Crippen LogP contribution in [0.3, 0.4) is 0 Å². The standard InChI is InChI=1S/C26H32FN7O/c1-5-8-20-23(29)17(27)9-6-7-10-18(28)25(33(4)30)19-12-21-16(14-31-19)24-22(34(20)21)11-15(13-32-24)26(2,3)35/h6-7,9-14,20,35H,5,8,28-30H2,1-4H3/b9-6-,10-7-,23-17+,25-18-. The zero-order valence-electron chi connectivity index (χ0n) is 20.5. The number of aliphatic hydroxyl groups is 1. The average Bonchev–Trinajstić information content (AvgIpc) is 3.11. The molecule has 4 rings (SSSR count). The molecule has 8 nitrogen and oxygen atoms in total. The van der Waals surface area contributed by atoms with Crippen LogP contribution in [0.5, 0.6) is 0 Å². The highest BCUT2D eigenvalue weighted by Crippen LogP contribution is 2.37. The molecule has 7 N–H and O–H groups in total. The smallest absolute Gasteiger partial charge is 0.144 e. The van der Waals surface area contributed by atoms with Crippen molar-refractivity contribution in [2.24, 2.45) is 17.3 Å². The van der Waals surface area contributed by atoms with Crippen LogP contribution >= 0.6 is 0 Å². The number of aromatic nitrogens is 3. The predicted octanol–water partition coefficient (Wildman–Crippen LogP) is 3.85. The van der Waals surface area contributed by atoms with Crippen molar-refractivity contribution in [3.05, 3.63) is 77.3 Å². The number of halogens is 1. The Morgan fingerprint density at radius 1 is 1.11 bits per heavy atom. The highest BCUT2D eigenvalue weighted by molar-refractivity contribution is 6.06. The number of rotatable bonds is 4. The molecule has 1 unspecified atom stereocenters. The minimum Gasteiger partial charge on any atom is -0.398 e. The first-order chi connectivity index (χ1) is 16.5. The van der Waals surface area contributed by atoms with Crippen LogP contribution in [0.1, 0.15) is 50.9 Å². The predicted molar refractivity (Wildman–Crippen MR) is 138 cm³/mol. The normalized spacial score (nSPS) is 23.2. The Bertz CT molecular complexity index is 1410. The number of fused-ring (bicyclic) bond motifs is 4. The number of nitrogens with zero attached hydrogens (tertiary/aromatic N) is 4. The number of hydrazine groups is 1. The zero-order valence-corrected chi connectivity index (χ0v) is 20.5. The van der Waals surface area contributed by atoms with Crippen LogP contribution in [0, 0.1) is 0 Å². The topological polar surface area (TPSA) is 132 Å². The largest absolute Gasteiger partial charge is 0.398 e. The van der Waals surface area contributed by atoms with Gasteiger partial charge in [0, 0.05) is 30.4 Å². The van der Waals surface area contributed by atoms with Gasteiger partial charge in [0.15, 0.2) is 0 Å². The quantitative estimate of drug-likeness (QED) is 0.331. The minimum absolute atomic E-state index is 0.110. The van der Waals surface area contributed by atoms with Gasteiger partial charge in [-0.2, -0.15) is 0 Å². The maximum Gasteiger partial charge on any atom is 0.144 e. The lowest BCUT2D eigenvalue weighted by Gasteiger charge is -2.23. The van der Waals surface area contributed by atoms with E-state index in [2.05, 4.69) is 9.97 Å². The lowest BCUT2D eigenvalue weighted by molar-refractivity contribution is 0.0784. The lowest BCUT2D eigenvalue weighted by atomic mass is 10.00. The molecule has 184 valence electrons. The first-order valence-corrected chi connectivity index (χ1v) is 11.6. The first-order valence-electron chi connectivity index (χ1n) is 11.6. The van der Waals surface area contributed by atoms with Gasteiger partial charge < -0.3 is 26.1 Å². The molecular weight excluding hydrogens is 445 g/mol. The second-order valence-electron chi connectivity index (χ2n) is 9.35. The molecule has 0 aromatic carbocycles. The van der Waals surface area contributed by atoms with Crippen molar-refractivity contribution in [1.29, 1.82) is 0 Å². The lowest BCUT2D eigenvalue weighted by Crippen LogP contribution is -2.27. The van der Waals surface area contributed by atoms with Crippen molar-refractivity contribution in [1.82, 2.24) is 19.5 Å². The third kappa shape index (κ3) is 4.40. The van der Waals surface area contributed by atoms with E-state index in [1.807, 2.05) is 23.6 Å². The molecule has 0 amide bonds. The van der Waals surface area contributed by atoms with Gasteiger partial charge >= 0.3 is 0 Å². The fraction of sp³-hybridized carbons (Fsp3) is 0.308. The molecule has 0 aliphatic carbocycles. The summed E-state index contributed by atoms with van der Waals surface area (Å²) >= 11 is 0. The molecule has 0 fully saturated rings. The molecule has 3 aromatic heterocycles. The van der Waals surface area contributed by atoms with Crippen molar-refractivity contribution in [3.8, 4) is 0 Å². The van der Waals surface area contributed by atoms with Gasteiger partial charge in [-0.25, -0.2) is 10.2 Å². The van der Waals surface area contributed by atoms with Gasteiger partial charge in [0.1, 0.15) is 11.5 Å². The van der Waals surface area contributed by atoms with Crippen molar-refractivity contribution in [2.75, 3.05) is 7.05 Å². The maximum absolute atomic E-state index is 15.3. The molecule has 1 atom stereocenters. The van der Waals surface area contributed by atoms with Crippen molar-refractivity contribution in [2.45, 2.75) is 45.3 Å². The maximum atomic E-state index is 15.3. The highest BCUT2D eigenvalue weighted by atomic mass is 19.1. The molecule has 2 bridgehead atoms. The van der Waals surface area contributed by atoms with E-state index in [4.69, 9.17) is 17.3 Å². The van der Waals surface area contributed by atoms with Crippen molar-refractivity contribution >= 4 is 27.6 Å². The number of nitrogens with two attached hydrogens (primary N) is 3. The van der Waals surface area contributed by atoms with Gasteiger partial charge in [-0.15, -0.1) is 0 Å². The molecule has 9 heteroatoms. The van der Waals surface area contributed by atoms with E-state index in [9.17, 15) is 5.11 Å². The number of allylic oxidation sites excluding steroid dienone is 6. The molecule has 0 saturated carbocycles. The Balaban J connectivity index is 2.20. The van der Waals surface area contributed by atoms with Gasteiger partial charge in [-0.1, -0.05) is 25.5 Å². The Morgan fingerprint density at radius 3 is 2.49 bits per heavy atom. The molecule has 0 saturated heterocycles. The molecule has 0 spiro atoms. The van der Waals surface area contributed by atoms with Crippen LogP contribution < -0.4 is 17.3 Å². The Labute approximate surface area is 203 Å². The summed E-state index contributed by atoms with van der Waals surface area (Å²) in [7, 11) is 1.68. The first kappa shape index (κ1) is 24.4. The monoisotopic (exact) mass is 477 g/mol. The van der Waals surface area contributed by atoms with E-state index in [1.54, 1.807) is 51.5 Å². The van der Waals surface area contributed by atoms with Crippen molar-refractivity contribution < 1.29 is 9.50 Å². The fourth-order valence-corrected chi connectivity index (χ4v) is 4.46. The van der Waals surface area contributed by atoms with E-state index in [1.165, 1.54) is 11.1 Å². The van der Waals surface area contributed by atoms with Crippen LogP contribution in [0.4, 0.5) is 4.39 Å². The van der Waals surface area contributed by atoms with E-state index in [-0.39, 0.29) is 5.70 Å². The third-order valence-corrected chi connectivity index (χ3v) is 6.24. The summed E-state index contributed by atoms with van der Waals surface area (Å²) in [5.74, 6) is 5.61. The zero-order chi connectivity index (χ0) is 25.5. The minimum atomic E-state index is -1.11. The van der Waals surface area contributed by atoms with Crippen LogP contribution in [0.15, 0.2) is 66.1 Å². The van der Waals surface area contributed by atoms with Crippen molar-refractivity contribution in [3.63, 3.8) is 0 Å². The Kier molecular flexibility index (Phi) is 6.40. The summed E-state index contributed by atoms with van der Waals surface area (Å²) in [4.78, 5) is 9.31. The van der Waals surface area contributed by atoms with Gasteiger partial charge in [-0.3, -0.25) is 9.97 Å². The summed E-state index contributed by atoms with van der Waals surface area (Å²) in [6, 6.07) is 3.26. The molecular formula is C26H32FN7O. The van der Waals surface area contributed by atoms with Crippen LogP contribution in [-0.4, -0.2) is 31.7 Å². The summed E-state index contributed by atoms with van der Waals surface area (Å²) < 4.78 is 17.2. The van der Waals surface area contributed by atoms with Crippen LogP contribution in [-0.2, 0) is 5.60 Å². The van der Waals surface area contributed by atoms with Crippen LogP contribution in [0.25, 0.3) is 27.6 Å². The number of hydrogen-bond donors (Lipinski definition) is 4. The summed E-state index contributed by atoms with van der Waals surface area (Å²) in [6.45, 7) is 5.42. The third-order valence-electron chi connectivity index (χ3n) is 6.24. The van der Waals surface area contributed by atoms with E-state index >= 15 is 4.39 Å². The highest BCUT2D eigenvalue weighted by Gasteiger charge is 2.26. The molecule has 35 heavy (non-hydrogen) atoms.